The van der Waals surface area contributed by atoms with Crippen LogP contribution >= 0.6 is 0 Å². The summed E-state index contributed by atoms with van der Waals surface area (Å²) in [7, 11) is 0. The number of nitrogens with one attached hydrogen (secondary N) is 1. The van der Waals surface area contributed by atoms with Crippen molar-refractivity contribution < 1.29 is 9.53 Å². The molecule has 1 aliphatic rings. The molecule has 1 amide bonds. The Morgan fingerprint density at radius 2 is 1.77 bits per heavy atom. The molecule has 0 heterocycles. The average molecular weight is 304 g/mol. The highest BCUT2D eigenvalue weighted by atomic mass is 16.6. The molecule has 1 aromatic carbocycles. The zero-order chi connectivity index (χ0) is 16.2. The van der Waals surface area contributed by atoms with Gasteiger partial charge in [0.15, 0.2) is 0 Å². The molecule has 0 bridgehead atoms. The maximum absolute atomic E-state index is 11.7. The maximum Gasteiger partial charge on any atom is 0.407 e. The molecule has 22 heavy (non-hydrogen) atoms. The molecule has 1 aliphatic carbocycles. The van der Waals surface area contributed by atoms with Gasteiger partial charge in [-0.25, -0.2) is 4.79 Å². The monoisotopic (exact) mass is 304 g/mol. The number of amides is 1. The van der Waals surface area contributed by atoms with E-state index in [0.29, 0.717) is 18.4 Å². The van der Waals surface area contributed by atoms with Gasteiger partial charge in [0.25, 0.3) is 0 Å². The predicted octanol–water partition coefficient (Wildman–Crippen LogP) is 4.07. The van der Waals surface area contributed by atoms with Gasteiger partial charge in [-0.15, -0.1) is 0 Å². The highest BCUT2D eigenvalue weighted by molar-refractivity contribution is 5.67. The lowest BCUT2D eigenvalue weighted by Gasteiger charge is -2.29. The average Bonchev–Trinajstić information content (AvgIpc) is 2.45. The molecule has 0 atom stereocenters. The van der Waals surface area contributed by atoms with Gasteiger partial charge in [-0.2, -0.15) is 0 Å². The summed E-state index contributed by atoms with van der Waals surface area (Å²) in [4.78, 5) is 11.7. The SMILES string of the molecule is CC(C)(C)OC(=O)NC[C@H]1CC[C@H](c2ccc(N)cc2)CC1. The number of carbonyl (C=O) groups excluding carboxylic acids is 1. The molecular formula is C18H28N2O2. The van der Waals surface area contributed by atoms with Gasteiger partial charge < -0.3 is 15.8 Å². The minimum absolute atomic E-state index is 0.312. The third-order valence-corrected chi connectivity index (χ3v) is 4.19. The summed E-state index contributed by atoms with van der Waals surface area (Å²) in [6.07, 6.45) is 4.32. The molecule has 0 unspecified atom stereocenters. The van der Waals surface area contributed by atoms with Gasteiger partial charge in [-0.3, -0.25) is 0 Å². The van der Waals surface area contributed by atoms with Crippen LogP contribution in [0.4, 0.5) is 10.5 Å². The fraction of sp³-hybridized carbons (Fsp3) is 0.611. The van der Waals surface area contributed by atoms with Crippen molar-refractivity contribution in [1.29, 1.82) is 0 Å². The minimum atomic E-state index is -0.434. The molecule has 4 nitrogen and oxygen atoms in total. The lowest BCUT2D eigenvalue weighted by atomic mass is 9.78. The van der Waals surface area contributed by atoms with Crippen molar-refractivity contribution in [2.24, 2.45) is 5.92 Å². The molecule has 1 saturated carbocycles. The van der Waals surface area contributed by atoms with Crippen LogP contribution in [-0.2, 0) is 4.74 Å². The number of rotatable bonds is 3. The van der Waals surface area contributed by atoms with Gasteiger partial charge >= 0.3 is 6.09 Å². The lowest BCUT2D eigenvalue weighted by Crippen LogP contribution is -2.36. The van der Waals surface area contributed by atoms with Crippen molar-refractivity contribution in [2.45, 2.75) is 58.0 Å². The van der Waals surface area contributed by atoms with Crippen LogP contribution in [-0.4, -0.2) is 18.2 Å². The van der Waals surface area contributed by atoms with Crippen molar-refractivity contribution in [1.82, 2.24) is 5.32 Å². The van der Waals surface area contributed by atoms with Crippen molar-refractivity contribution in [3.63, 3.8) is 0 Å². The fourth-order valence-corrected chi connectivity index (χ4v) is 3.01. The van der Waals surface area contributed by atoms with E-state index in [2.05, 4.69) is 17.4 Å². The van der Waals surface area contributed by atoms with Gasteiger partial charge in [0.2, 0.25) is 0 Å². The van der Waals surface area contributed by atoms with E-state index in [1.807, 2.05) is 32.9 Å². The molecule has 0 radical (unpaired) electrons. The molecule has 1 aromatic rings. The summed E-state index contributed by atoms with van der Waals surface area (Å²) >= 11 is 0. The summed E-state index contributed by atoms with van der Waals surface area (Å²) in [5.41, 5.74) is 7.50. The van der Waals surface area contributed by atoms with Crippen LogP contribution < -0.4 is 11.1 Å². The zero-order valence-corrected chi connectivity index (χ0v) is 13.9. The molecule has 0 aromatic heterocycles. The first-order valence-corrected chi connectivity index (χ1v) is 8.16. The van der Waals surface area contributed by atoms with E-state index in [1.165, 1.54) is 18.4 Å². The number of hydrogen-bond donors (Lipinski definition) is 2. The fourth-order valence-electron chi connectivity index (χ4n) is 3.01. The number of benzene rings is 1. The molecule has 4 heteroatoms. The summed E-state index contributed by atoms with van der Waals surface area (Å²) < 4.78 is 5.27. The summed E-state index contributed by atoms with van der Waals surface area (Å²) in [6.45, 7) is 6.35. The van der Waals surface area contributed by atoms with Crippen molar-refractivity contribution in [2.75, 3.05) is 12.3 Å². The second-order valence-corrected chi connectivity index (χ2v) is 7.27. The summed E-state index contributed by atoms with van der Waals surface area (Å²) in [5.74, 6) is 1.18. The van der Waals surface area contributed by atoms with E-state index in [1.54, 1.807) is 0 Å². The van der Waals surface area contributed by atoms with E-state index >= 15 is 0 Å². The quantitative estimate of drug-likeness (QED) is 0.827. The highest BCUT2D eigenvalue weighted by Gasteiger charge is 2.23. The van der Waals surface area contributed by atoms with Crippen LogP contribution in [0.15, 0.2) is 24.3 Å². The van der Waals surface area contributed by atoms with Gasteiger partial charge in [0.1, 0.15) is 5.60 Å². The Balaban J connectivity index is 1.73. The second-order valence-electron chi connectivity index (χ2n) is 7.27. The normalized spacial score (nSPS) is 22.1. The largest absolute Gasteiger partial charge is 0.444 e. The first-order valence-electron chi connectivity index (χ1n) is 8.16. The molecule has 3 N–H and O–H groups in total. The van der Waals surface area contributed by atoms with Gasteiger partial charge in [0.05, 0.1) is 0 Å². The molecule has 2 rings (SSSR count). The van der Waals surface area contributed by atoms with E-state index in [-0.39, 0.29) is 6.09 Å². The summed E-state index contributed by atoms with van der Waals surface area (Å²) in [6, 6.07) is 8.23. The van der Waals surface area contributed by atoms with Gasteiger partial charge in [0, 0.05) is 12.2 Å². The van der Waals surface area contributed by atoms with Crippen molar-refractivity contribution in [3.05, 3.63) is 29.8 Å². The Hall–Kier alpha value is -1.71. The van der Waals surface area contributed by atoms with E-state index < -0.39 is 5.60 Å². The van der Waals surface area contributed by atoms with Crippen LogP contribution in [0.25, 0.3) is 0 Å². The van der Waals surface area contributed by atoms with E-state index in [0.717, 1.165) is 18.5 Å². The second kappa shape index (κ2) is 7.03. The number of anilines is 1. The molecule has 1 fully saturated rings. The third-order valence-electron chi connectivity index (χ3n) is 4.19. The number of nitrogens with two attached hydrogens (primary N) is 1. The third kappa shape index (κ3) is 5.24. The Kier molecular flexibility index (Phi) is 5.33. The van der Waals surface area contributed by atoms with Crippen LogP contribution in [0, 0.1) is 5.92 Å². The van der Waals surface area contributed by atoms with Crippen molar-refractivity contribution in [3.8, 4) is 0 Å². The molecule has 0 saturated heterocycles. The first-order chi connectivity index (χ1) is 10.3. The molecular weight excluding hydrogens is 276 g/mol. The standard InChI is InChI=1S/C18H28N2O2/c1-18(2,3)22-17(21)20-12-13-4-6-14(7-5-13)15-8-10-16(19)11-9-15/h8-11,13-14H,4-7,12,19H2,1-3H3,(H,20,21)/t13-,14-. The molecule has 0 spiro atoms. The maximum atomic E-state index is 11.7. The Morgan fingerprint density at radius 1 is 1.18 bits per heavy atom. The molecule has 122 valence electrons. The minimum Gasteiger partial charge on any atom is -0.444 e. The van der Waals surface area contributed by atoms with Crippen LogP contribution in [0.1, 0.15) is 57.9 Å². The number of nitrogen functional groups attached to an aromatic ring is 1. The Labute approximate surface area is 133 Å². The Bertz CT molecular complexity index is 483. The van der Waals surface area contributed by atoms with Crippen molar-refractivity contribution >= 4 is 11.8 Å². The van der Waals surface area contributed by atoms with Gasteiger partial charge in [-0.05, 0) is 76.0 Å². The topological polar surface area (TPSA) is 64.3 Å². The highest BCUT2D eigenvalue weighted by Crippen LogP contribution is 2.35. The van der Waals surface area contributed by atoms with Crippen LogP contribution in [0.2, 0.25) is 0 Å². The number of ether oxygens (including phenoxy) is 1. The number of alkyl carbamates (subject to hydrolysis) is 1. The number of carbonyl (C=O) groups is 1. The lowest BCUT2D eigenvalue weighted by molar-refractivity contribution is 0.0514. The van der Waals surface area contributed by atoms with E-state index in [4.69, 9.17) is 10.5 Å². The summed E-state index contributed by atoms with van der Waals surface area (Å²) in [5, 5.41) is 2.89. The van der Waals surface area contributed by atoms with E-state index in [9.17, 15) is 4.79 Å². The van der Waals surface area contributed by atoms with Crippen LogP contribution in [0.5, 0.6) is 0 Å². The number of hydrogen-bond acceptors (Lipinski definition) is 3. The predicted molar refractivity (Wildman–Crippen MR) is 89.8 cm³/mol. The van der Waals surface area contributed by atoms with Crippen LogP contribution in [0.3, 0.4) is 0 Å². The zero-order valence-electron chi connectivity index (χ0n) is 13.9. The molecule has 0 aliphatic heterocycles. The van der Waals surface area contributed by atoms with Gasteiger partial charge in [-0.1, -0.05) is 12.1 Å². The smallest absolute Gasteiger partial charge is 0.407 e. The Morgan fingerprint density at radius 3 is 2.32 bits per heavy atom. The first kappa shape index (κ1) is 16.7.